The number of ether oxygens (including phenoxy) is 2. The molecule has 31 heavy (non-hydrogen) atoms. The Bertz CT molecular complexity index is 894. The minimum Gasteiger partial charge on any atom is -0.493 e. The van der Waals surface area contributed by atoms with Gasteiger partial charge in [-0.05, 0) is 55.9 Å². The van der Waals surface area contributed by atoms with Crippen molar-refractivity contribution in [3.05, 3.63) is 71.3 Å². The second-order valence-electron chi connectivity index (χ2n) is 7.40. The summed E-state index contributed by atoms with van der Waals surface area (Å²) in [5, 5.41) is 6.77. The lowest BCUT2D eigenvalue weighted by molar-refractivity contribution is -0.125. The van der Waals surface area contributed by atoms with Crippen LogP contribution in [0.15, 0.2) is 65.3 Å². The van der Waals surface area contributed by atoms with Gasteiger partial charge in [-0.25, -0.2) is 0 Å². The summed E-state index contributed by atoms with van der Waals surface area (Å²) < 4.78 is 11.3. The molecule has 0 aromatic heterocycles. The van der Waals surface area contributed by atoms with Gasteiger partial charge in [-0.2, -0.15) is 0 Å². The third-order valence-corrected chi connectivity index (χ3v) is 5.05. The number of carbonyl (C=O) groups is 1. The fraction of sp³-hybridized carbons (Fsp3) is 0.360. The Hall–Kier alpha value is -3.28. The van der Waals surface area contributed by atoms with Gasteiger partial charge in [0.15, 0.2) is 18.1 Å². The minimum atomic E-state index is -0.171. The van der Waals surface area contributed by atoms with E-state index in [0.29, 0.717) is 24.7 Å². The summed E-state index contributed by atoms with van der Waals surface area (Å²) in [4.78, 5) is 17.0. The lowest BCUT2D eigenvalue weighted by Gasteiger charge is -2.12. The van der Waals surface area contributed by atoms with E-state index in [1.165, 1.54) is 18.4 Å². The van der Waals surface area contributed by atoms with Crippen molar-refractivity contribution in [3.63, 3.8) is 0 Å². The first kappa shape index (κ1) is 22.4. The normalized spacial score (nSPS) is 13.5. The van der Waals surface area contributed by atoms with Crippen LogP contribution in [0.2, 0.25) is 0 Å². The molecule has 0 radical (unpaired) electrons. The van der Waals surface area contributed by atoms with Crippen molar-refractivity contribution in [2.24, 2.45) is 5.16 Å². The molecule has 1 N–H and O–H groups in total. The second kappa shape index (κ2) is 12.4. The number of oxime groups is 1. The van der Waals surface area contributed by atoms with Gasteiger partial charge in [0.2, 0.25) is 0 Å². The van der Waals surface area contributed by atoms with Crippen LogP contribution in [0.1, 0.15) is 43.2 Å². The number of allylic oxidation sites excluding steroid dienone is 1. The summed E-state index contributed by atoms with van der Waals surface area (Å²) in [6.07, 6.45) is 9.59. The molecule has 164 valence electrons. The number of methoxy groups -OCH3 is 1. The molecule has 6 nitrogen and oxygen atoms in total. The Morgan fingerprint density at radius 2 is 2.00 bits per heavy atom. The first-order chi connectivity index (χ1) is 15.2. The van der Waals surface area contributed by atoms with Gasteiger partial charge in [-0.15, -0.1) is 0 Å². The van der Waals surface area contributed by atoms with E-state index in [1.54, 1.807) is 13.3 Å². The number of rotatable bonds is 11. The van der Waals surface area contributed by atoms with Crippen LogP contribution in [0.5, 0.6) is 11.5 Å². The van der Waals surface area contributed by atoms with E-state index >= 15 is 0 Å². The third-order valence-electron chi connectivity index (χ3n) is 5.05. The van der Waals surface area contributed by atoms with Crippen LogP contribution in [-0.4, -0.2) is 32.4 Å². The molecule has 0 bridgehead atoms. The van der Waals surface area contributed by atoms with E-state index in [2.05, 4.69) is 16.5 Å². The standard InChI is InChI=1S/C25H30N2O4/c1-29-23-13-12-22(16-24(23)30-18-21-10-6-3-7-11-21)17-27-31-19-25(28)26-15-14-20-8-4-2-5-9-20/h3,6-8,10-13,16-17H,2,4-5,9,14-15,18-19H2,1H3,(H,26,28)/b27-17+. The van der Waals surface area contributed by atoms with E-state index < -0.39 is 0 Å². The molecule has 0 fully saturated rings. The van der Waals surface area contributed by atoms with E-state index in [-0.39, 0.29) is 12.5 Å². The number of benzene rings is 2. The zero-order chi connectivity index (χ0) is 21.7. The summed E-state index contributed by atoms with van der Waals surface area (Å²) in [5.41, 5.74) is 3.29. The molecule has 2 aromatic carbocycles. The van der Waals surface area contributed by atoms with E-state index in [4.69, 9.17) is 14.3 Å². The molecule has 3 rings (SSSR count). The van der Waals surface area contributed by atoms with Crippen molar-refractivity contribution in [1.29, 1.82) is 0 Å². The first-order valence-electron chi connectivity index (χ1n) is 10.7. The van der Waals surface area contributed by atoms with Crippen LogP contribution in [0.3, 0.4) is 0 Å². The third kappa shape index (κ3) is 7.81. The van der Waals surface area contributed by atoms with Crippen molar-refractivity contribution in [1.82, 2.24) is 5.32 Å². The number of nitrogens with one attached hydrogen (secondary N) is 1. The molecule has 0 saturated carbocycles. The average Bonchev–Trinajstić information content (AvgIpc) is 2.82. The van der Waals surface area contributed by atoms with Crippen molar-refractivity contribution in [2.75, 3.05) is 20.3 Å². The fourth-order valence-corrected chi connectivity index (χ4v) is 3.36. The van der Waals surface area contributed by atoms with Gasteiger partial charge >= 0.3 is 0 Å². The van der Waals surface area contributed by atoms with Crippen molar-refractivity contribution in [2.45, 2.75) is 38.7 Å². The lowest BCUT2D eigenvalue weighted by Crippen LogP contribution is -2.28. The van der Waals surface area contributed by atoms with Gasteiger partial charge < -0.3 is 19.6 Å². The molecule has 1 aliphatic rings. The largest absolute Gasteiger partial charge is 0.493 e. The molecule has 0 unspecified atom stereocenters. The first-order valence-corrected chi connectivity index (χ1v) is 10.7. The van der Waals surface area contributed by atoms with Crippen molar-refractivity contribution in [3.8, 4) is 11.5 Å². The quantitative estimate of drug-likeness (QED) is 0.326. The van der Waals surface area contributed by atoms with Gasteiger partial charge in [0.1, 0.15) is 6.61 Å². The summed E-state index contributed by atoms with van der Waals surface area (Å²) in [6.45, 7) is 0.965. The highest BCUT2D eigenvalue weighted by molar-refractivity contribution is 5.81. The van der Waals surface area contributed by atoms with Gasteiger partial charge in [0, 0.05) is 12.1 Å². The SMILES string of the molecule is COc1ccc(/C=N/OCC(=O)NCCC2=CCCCC2)cc1OCc1ccccc1. The average molecular weight is 423 g/mol. The van der Waals surface area contributed by atoms with Gasteiger partial charge in [0.05, 0.1) is 13.3 Å². The second-order valence-corrected chi connectivity index (χ2v) is 7.40. The van der Waals surface area contributed by atoms with Gasteiger partial charge in [-0.3, -0.25) is 4.79 Å². The highest BCUT2D eigenvalue weighted by Crippen LogP contribution is 2.28. The summed E-state index contributed by atoms with van der Waals surface area (Å²) in [7, 11) is 1.60. The Balaban J connectivity index is 1.43. The van der Waals surface area contributed by atoms with Crippen LogP contribution in [0.4, 0.5) is 0 Å². The molecule has 2 aromatic rings. The fourth-order valence-electron chi connectivity index (χ4n) is 3.36. The topological polar surface area (TPSA) is 69.2 Å². The predicted octanol–water partition coefficient (Wildman–Crippen LogP) is 4.63. The smallest absolute Gasteiger partial charge is 0.260 e. The van der Waals surface area contributed by atoms with Crippen LogP contribution in [0.25, 0.3) is 0 Å². The molecule has 6 heteroatoms. The van der Waals surface area contributed by atoms with Gasteiger partial charge in [0.25, 0.3) is 5.91 Å². The van der Waals surface area contributed by atoms with Gasteiger partial charge in [-0.1, -0.05) is 47.1 Å². The van der Waals surface area contributed by atoms with E-state index in [9.17, 15) is 4.79 Å². The van der Waals surface area contributed by atoms with Crippen LogP contribution >= 0.6 is 0 Å². The van der Waals surface area contributed by atoms with E-state index in [1.807, 2.05) is 48.5 Å². The minimum absolute atomic E-state index is 0.108. The number of nitrogens with zero attached hydrogens (tertiary/aromatic N) is 1. The Labute approximate surface area is 183 Å². The van der Waals surface area contributed by atoms with Crippen LogP contribution < -0.4 is 14.8 Å². The maximum absolute atomic E-state index is 11.9. The molecular weight excluding hydrogens is 392 g/mol. The Morgan fingerprint density at radius 3 is 2.77 bits per heavy atom. The molecule has 1 amide bonds. The maximum atomic E-state index is 11.9. The Kier molecular flexibility index (Phi) is 8.98. The molecule has 0 saturated heterocycles. The monoisotopic (exact) mass is 422 g/mol. The highest BCUT2D eigenvalue weighted by Gasteiger charge is 2.07. The van der Waals surface area contributed by atoms with E-state index in [0.717, 1.165) is 30.4 Å². The summed E-state index contributed by atoms with van der Waals surface area (Å²) in [6, 6.07) is 15.4. The molecule has 0 atom stereocenters. The van der Waals surface area contributed by atoms with Crippen LogP contribution in [0, 0.1) is 0 Å². The zero-order valence-electron chi connectivity index (χ0n) is 18.0. The van der Waals surface area contributed by atoms with Crippen molar-refractivity contribution >= 4 is 12.1 Å². The molecule has 1 aliphatic carbocycles. The van der Waals surface area contributed by atoms with Crippen molar-refractivity contribution < 1.29 is 19.1 Å². The lowest BCUT2D eigenvalue weighted by atomic mass is 9.97. The number of hydrogen-bond donors (Lipinski definition) is 1. The summed E-state index contributed by atoms with van der Waals surface area (Å²) >= 11 is 0. The maximum Gasteiger partial charge on any atom is 0.260 e. The highest BCUT2D eigenvalue weighted by atomic mass is 16.6. The number of carbonyl (C=O) groups excluding carboxylic acids is 1. The number of amides is 1. The summed E-state index contributed by atoms with van der Waals surface area (Å²) in [5.74, 6) is 1.08. The molecule has 0 spiro atoms. The number of hydrogen-bond acceptors (Lipinski definition) is 5. The molecule has 0 heterocycles. The Morgan fingerprint density at radius 1 is 1.13 bits per heavy atom. The molecule has 0 aliphatic heterocycles. The molecular formula is C25H30N2O4. The predicted molar refractivity (Wildman–Crippen MR) is 121 cm³/mol. The van der Waals surface area contributed by atoms with Crippen LogP contribution in [-0.2, 0) is 16.2 Å². The zero-order valence-corrected chi connectivity index (χ0v) is 18.0.